The highest BCUT2D eigenvalue weighted by Gasteiger charge is 2.43. The number of hydrogen-bond donors (Lipinski definition) is 1. The van der Waals surface area contributed by atoms with Crippen LogP contribution in [0.15, 0.2) is 27.4 Å². The van der Waals surface area contributed by atoms with Gasteiger partial charge < -0.3 is 9.52 Å². The van der Waals surface area contributed by atoms with Crippen molar-refractivity contribution in [3.8, 4) is 0 Å². The number of hydrogen-bond acceptors (Lipinski definition) is 3. The van der Waals surface area contributed by atoms with Crippen molar-refractivity contribution in [3.05, 3.63) is 34.3 Å². The van der Waals surface area contributed by atoms with Crippen molar-refractivity contribution in [2.45, 2.75) is 31.1 Å². The van der Waals surface area contributed by atoms with E-state index in [2.05, 4.69) is 0 Å². The molecule has 3 rings (SSSR count). The Bertz CT molecular complexity index is 704. The molecule has 0 radical (unpaired) electrons. The lowest BCUT2D eigenvalue weighted by Crippen LogP contribution is -2.32. The van der Waals surface area contributed by atoms with Gasteiger partial charge in [-0.1, -0.05) is 18.9 Å². The van der Waals surface area contributed by atoms with Crippen LogP contribution in [0.3, 0.4) is 0 Å². The first-order chi connectivity index (χ1) is 9.04. The third-order valence-electron chi connectivity index (χ3n) is 4.21. The Morgan fingerprint density at radius 1 is 1.37 bits per heavy atom. The van der Waals surface area contributed by atoms with Gasteiger partial charge in [0.2, 0.25) is 0 Å². The van der Waals surface area contributed by atoms with Crippen LogP contribution < -0.4 is 5.76 Å². The second kappa shape index (κ2) is 3.98. The number of oxazole rings is 1. The Labute approximate surface area is 109 Å². The average Bonchev–Trinajstić information content (AvgIpc) is 2.97. The maximum absolute atomic E-state index is 11.6. The van der Waals surface area contributed by atoms with Crippen LogP contribution in [0.5, 0.6) is 0 Å². The molecule has 19 heavy (non-hydrogen) atoms. The van der Waals surface area contributed by atoms with Gasteiger partial charge in [0.15, 0.2) is 5.58 Å². The van der Waals surface area contributed by atoms with E-state index in [1.807, 2.05) is 0 Å². The summed E-state index contributed by atoms with van der Waals surface area (Å²) in [5.41, 5.74) is 1.06. The molecule has 2 aromatic rings. The molecule has 1 N–H and O–H groups in total. The van der Waals surface area contributed by atoms with Gasteiger partial charge in [-0.05, 0) is 30.5 Å². The van der Waals surface area contributed by atoms with Crippen molar-refractivity contribution in [1.82, 2.24) is 4.57 Å². The third kappa shape index (κ3) is 1.61. The molecule has 1 aromatic carbocycles. The van der Waals surface area contributed by atoms with Crippen molar-refractivity contribution < 1.29 is 14.3 Å². The van der Waals surface area contributed by atoms with Gasteiger partial charge in [0.05, 0.1) is 10.9 Å². The molecule has 1 fully saturated rings. The van der Waals surface area contributed by atoms with E-state index in [1.165, 1.54) is 4.57 Å². The second-order valence-corrected chi connectivity index (χ2v) is 5.20. The minimum absolute atomic E-state index is 0.428. The third-order valence-corrected chi connectivity index (χ3v) is 4.21. The molecule has 5 heteroatoms. The zero-order valence-electron chi connectivity index (χ0n) is 10.7. The van der Waals surface area contributed by atoms with Crippen LogP contribution in [0.25, 0.3) is 11.1 Å². The van der Waals surface area contributed by atoms with Crippen molar-refractivity contribution in [1.29, 1.82) is 0 Å². The van der Waals surface area contributed by atoms with Crippen LogP contribution in [-0.4, -0.2) is 15.6 Å². The van der Waals surface area contributed by atoms with E-state index in [-0.39, 0.29) is 0 Å². The molecule has 0 saturated heterocycles. The number of aliphatic carboxylic acids is 1. The predicted molar refractivity (Wildman–Crippen MR) is 69.2 cm³/mol. The van der Waals surface area contributed by atoms with E-state index in [0.717, 1.165) is 18.4 Å². The van der Waals surface area contributed by atoms with E-state index < -0.39 is 17.1 Å². The molecule has 0 unspecified atom stereocenters. The van der Waals surface area contributed by atoms with Gasteiger partial charge in [-0.3, -0.25) is 9.36 Å². The molecule has 100 valence electrons. The molecule has 1 aliphatic carbocycles. The Morgan fingerprint density at radius 3 is 2.68 bits per heavy atom. The molecular formula is C14H15NO4. The highest BCUT2D eigenvalue weighted by atomic mass is 16.4. The topological polar surface area (TPSA) is 72.4 Å². The number of carboxylic acid groups (broad SMARTS) is 1. The van der Waals surface area contributed by atoms with Crippen LogP contribution in [0.2, 0.25) is 0 Å². The number of aromatic nitrogens is 1. The normalized spacial score (nSPS) is 17.9. The number of rotatable bonds is 2. The smallest absolute Gasteiger partial charge is 0.419 e. The van der Waals surface area contributed by atoms with Crippen LogP contribution in [0.4, 0.5) is 0 Å². The molecule has 0 spiro atoms. The maximum atomic E-state index is 11.6. The van der Waals surface area contributed by atoms with Crippen molar-refractivity contribution in [3.63, 3.8) is 0 Å². The Hall–Kier alpha value is -2.04. The first-order valence-corrected chi connectivity index (χ1v) is 6.38. The summed E-state index contributed by atoms with van der Waals surface area (Å²) >= 11 is 0. The molecule has 0 aliphatic heterocycles. The lowest BCUT2D eigenvalue weighted by Gasteiger charge is -2.24. The average molecular weight is 261 g/mol. The summed E-state index contributed by atoms with van der Waals surface area (Å²) in [5.74, 6) is -1.22. The lowest BCUT2D eigenvalue weighted by molar-refractivity contribution is -0.143. The van der Waals surface area contributed by atoms with Gasteiger partial charge in [-0.15, -0.1) is 0 Å². The van der Waals surface area contributed by atoms with Gasteiger partial charge in [0.1, 0.15) is 0 Å². The predicted octanol–water partition coefficient (Wildman–Crippen LogP) is 2.03. The zero-order chi connectivity index (χ0) is 13.6. The highest BCUT2D eigenvalue weighted by molar-refractivity contribution is 5.84. The second-order valence-electron chi connectivity index (χ2n) is 5.20. The standard InChI is InChI=1S/C14H15NO4/c1-15-10-5-4-9(8-11(10)19-13(15)18)14(12(16)17)6-2-3-7-14/h4-5,8H,2-3,6-7H2,1H3,(H,16,17). The van der Waals surface area contributed by atoms with E-state index in [0.29, 0.717) is 23.9 Å². The number of aryl methyl sites for hydroxylation is 1. The van der Waals surface area contributed by atoms with Gasteiger partial charge in [0.25, 0.3) is 0 Å². The van der Waals surface area contributed by atoms with Gasteiger partial charge in [0, 0.05) is 7.05 Å². The first kappa shape index (κ1) is 12.0. The fourth-order valence-electron chi connectivity index (χ4n) is 3.04. The summed E-state index contributed by atoms with van der Waals surface area (Å²) in [6, 6.07) is 5.27. The van der Waals surface area contributed by atoms with Crippen molar-refractivity contribution in [2.75, 3.05) is 0 Å². The van der Waals surface area contributed by atoms with Crippen LogP contribution >= 0.6 is 0 Å². The monoisotopic (exact) mass is 261 g/mol. The van der Waals surface area contributed by atoms with Gasteiger partial charge in [-0.2, -0.15) is 0 Å². The number of benzene rings is 1. The van der Waals surface area contributed by atoms with Crippen LogP contribution in [0, 0.1) is 0 Å². The molecular weight excluding hydrogens is 246 g/mol. The molecule has 0 bridgehead atoms. The molecule has 5 nitrogen and oxygen atoms in total. The van der Waals surface area contributed by atoms with Gasteiger partial charge >= 0.3 is 11.7 Å². The summed E-state index contributed by atoms with van der Waals surface area (Å²) in [7, 11) is 1.64. The first-order valence-electron chi connectivity index (χ1n) is 6.38. The van der Waals surface area contributed by atoms with E-state index in [9.17, 15) is 14.7 Å². The quantitative estimate of drug-likeness (QED) is 0.897. The number of nitrogens with zero attached hydrogens (tertiary/aromatic N) is 1. The lowest BCUT2D eigenvalue weighted by atomic mass is 9.79. The van der Waals surface area contributed by atoms with E-state index in [4.69, 9.17) is 4.42 Å². The van der Waals surface area contributed by atoms with Crippen LogP contribution in [0.1, 0.15) is 31.2 Å². The fraction of sp³-hybridized carbons (Fsp3) is 0.429. The fourth-order valence-corrected chi connectivity index (χ4v) is 3.04. The molecule has 1 heterocycles. The number of fused-ring (bicyclic) bond motifs is 1. The Kier molecular flexibility index (Phi) is 2.52. The largest absolute Gasteiger partial charge is 0.481 e. The molecule has 0 atom stereocenters. The summed E-state index contributed by atoms with van der Waals surface area (Å²) < 4.78 is 6.56. The maximum Gasteiger partial charge on any atom is 0.419 e. The summed E-state index contributed by atoms with van der Waals surface area (Å²) in [6.45, 7) is 0. The Balaban J connectivity index is 2.20. The number of carboxylic acids is 1. The van der Waals surface area contributed by atoms with Crippen molar-refractivity contribution in [2.24, 2.45) is 7.05 Å². The van der Waals surface area contributed by atoms with Crippen LogP contribution in [-0.2, 0) is 17.3 Å². The highest BCUT2D eigenvalue weighted by Crippen LogP contribution is 2.42. The van der Waals surface area contributed by atoms with E-state index >= 15 is 0 Å². The molecule has 1 aromatic heterocycles. The molecule has 1 saturated carbocycles. The minimum Gasteiger partial charge on any atom is -0.481 e. The molecule has 1 aliphatic rings. The summed E-state index contributed by atoms with van der Waals surface area (Å²) in [4.78, 5) is 23.1. The minimum atomic E-state index is -0.817. The Morgan fingerprint density at radius 2 is 2.05 bits per heavy atom. The van der Waals surface area contributed by atoms with Gasteiger partial charge in [-0.25, -0.2) is 4.79 Å². The zero-order valence-corrected chi connectivity index (χ0v) is 10.7. The molecule has 0 amide bonds. The van der Waals surface area contributed by atoms with Crippen molar-refractivity contribution >= 4 is 17.1 Å². The summed E-state index contributed by atoms with van der Waals surface area (Å²) in [5, 5.41) is 9.55. The SMILES string of the molecule is Cn1c(=O)oc2cc(C3(C(=O)O)CCCC3)ccc21. The summed E-state index contributed by atoms with van der Waals surface area (Å²) in [6.07, 6.45) is 3.13. The number of carbonyl (C=O) groups is 1. The van der Waals surface area contributed by atoms with E-state index in [1.54, 1.807) is 25.2 Å².